The fourth-order valence-electron chi connectivity index (χ4n) is 3.14. The van der Waals surface area contributed by atoms with Crippen LogP contribution in [0, 0.1) is 0 Å². The largest absolute Gasteiger partial charge is 0.489 e. The SMILES string of the molecule is CCOCCn1ncc2cc(COc3ccc(C(C)CC(=O)O)cc3)ccc21. The Morgan fingerprint density at radius 2 is 2.00 bits per heavy atom. The summed E-state index contributed by atoms with van der Waals surface area (Å²) in [6.45, 7) is 6.45. The first-order valence-corrected chi connectivity index (χ1v) is 9.53. The molecule has 1 heterocycles. The zero-order valence-electron chi connectivity index (χ0n) is 16.3. The smallest absolute Gasteiger partial charge is 0.303 e. The molecule has 148 valence electrons. The molecular weight excluding hydrogens is 356 g/mol. The van der Waals surface area contributed by atoms with Crippen LogP contribution < -0.4 is 4.74 Å². The van der Waals surface area contributed by atoms with Crippen molar-refractivity contribution in [3.05, 3.63) is 59.8 Å². The first kappa shape index (κ1) is 19.9. The first-order chi connectivity index (χ1) is 13.6. The van der Waals surface area contributed by atoms with Gasteiger partial charge >= 0.3 is 5.97 Å². The highest BCUT2D eigenvalue weighted by Crippen LogP contribution is 2.23. The minimum Gasteiger partial charge on any atom is -0.489 e. The average molecular weight is 382 g/mol. The standard InChI is InChI=1S/C22H26N2O4/c1-3-27-11-10-24-21-9-4-17(13-19(21)14-23-24)15-28-20-7-5-18(6-8-20)16(2)12-22(25)26/h4-9,13-14,16H,3,10-12,15H2,1-2H3,(H,25,26). The van der Waals surface area contributed by atoms with E-state index in [1.807, 2.05) is 55.1 Å². The first-order valence-electron chi connectivity index (χ1n) is 9.53. The number of ether oxygens (including phenoxy) is 2. The minimum atomic E-state index is -0.788. The van der Waals surface area contributed by atoms with Gasteiger partial charge in [0.05, 0.1) is 31.3 Å². The van der Waals surface area contributed by atoms with Crippen LogP contribution in [-0.4, -0.2) is 34.1 Å². The number of nitrogens with zero attached hydrogens (tertiary/aromatic N) is 2. The van der Waals surface area contributed by atoms with Gasteiger partial charge in [-0.2, -0.15) is 5.10 Å². The van der Waals surface area contributed by atoms with Crippen molar-refractivity contribution in [3.63, 3.8) is 0 Å². The summed E-state index contributed by atoms with van der Waals surface area (Å²) in [6.07, 6.45) is 1.99. The number of rotatable bonds is 10. The van der Waals surface area contributed by atoms with Crippen molar-refractivity contribution in [1.29, 1.82) is 0 Å². The topological polar surface area (TPSA) is 73.6 Å². The van der Waals surface area contributed by atoms with Gasteiger partial charge in [0.1, 0.15) is 12.4 Å². The zero-order valence-corrected chi connectivity index (χ0v) is 16.3. The van der Waals surface area contributed by atoms with Crippen LogP contribution in [0.25, 0.3) is 10.9 Å². The fraction of sp³-hybridized carbons (Fsp3) is 0.364. The number of carboxylic acids is 1. The third-order valence-electron chi connectivity index (χ3n) is 4.69. The van der Waals surface area contributed by atoms with Gasteiger partial charge in [0.25, 0.3) is 0 Å². The van der Waals surface area contributed by atoms with E-state index in [-0.39, 0.29) is 12.3 Å². The normalized spacial score (nSPS) is 12.2. The lowest BCUT2D eigenvalue weighted by molar-refractivity contribution is -0.137. The third-order valence-corrected chi connectivity index (χ3v) is 4.69. The number of hydrogen-bond acceptors (Lipinski definition) is 4. The van der Waals surface area contributed by atoms with E-state index in [9.17, 15) is 4.79 Å². The maximum atomic E-state index is 10.8. The Kier molecular flexibility index (Phi) is 6.66. The molecule has 3 rings (SSSR count). The molecule has 3 aromatic rings. The maximum absolute atomic E-state index is 10.8. The van der Waals surface area contributed by atoms with Gasteiger partial charge in [-0.3, -0.25) is 9.48 Å². The van der Waals surface area contributed by atoms with E-state index in [1.165, 1.54) is 0 Å². The summed E-state index contributed by atoms with van der Waals surface area (Å²) in [5.74, 6) is -0.0450. The summed E-state index contributed by atoms with van der Waals surface area (Å²) in [5.41, 5.74) is 3.15. The molecule has 0 amide bonds. The number of aromatic nitrogens is 2. The Hall–Kier alpha value is -2.86. The van der Waals surface area contributed by atoms with Crippen LogP contribution in [-0.2, 0) is 22.7 Å². The van der Waals surface area contributed by atoms with Gasteiger partial charge in [0.2, 0.25) is 0 Å². The number of benzene rings is 2. The van der Waals surface area contributed by atoms with E-state index < -0.39 is 5.97 Å². The highest BCUT2D eigenvalue weighted by molar-refractivity contribution is 5.79. The molecule has 0 aliphatic carbocycles. The van der Waals surface area contributed by atoms with Crippen LogP contribution in [0.15, 0.2) is 48.7 Å². The zero-order chi connectivity index (χ0) is 19.9. The Morgan fingerprint density at radius 1 is 1.21 bits per heavy atom. The molecule has 0 saturated heterocycles. The second kappa shape index (κ2) is 9.37. The number of hydrogen-bond donors (Lipinski definition) is 1. The summed E-state index contributed by atoms with van der Waals surface area (Å²) < 4.78 is 13.2. The van der Waals surface area contributed by atoms with Crippen molar-refractivity contribution in [2.24, 2.45) is 0 Å². The number of aliphatic carboxylic acids is 1. The molecule has 0 fully saturated rings. The summed E-state index contributed by atoms with van der Waals surface area (Å²) in [6, 6.07) is 13.8. The number of carbonyl (C=O) groups is 1. The molecule has 0 saturated carbocycles. The molecule has 1 atom stereocenters. The highest BCUT2D eigenvalue weighted by atomic mass is 16.5. The van der Waals surface area contributed by atoms with E-state index in [0.29, 0.717) is 19.8 Å². The predicted molar refractivity (Wildman–Crippen MR) is 108 cm³/mol. The van der Waals surface area contributed by atoms with Crippen molar-refractivity contribution in [2.45, 2.75) is 39.3 Å². The summed E-state index contributed by atoms with van der Waals surface area (Å²) in [5, 5.41) is 14.4. The molecule has 1 unspecified atom stereocenters. The van der Waals surface area contributed by atoms with Crippen molar-refractivity contribution in [1.82, 2.24) is 9.78 Å². The van der Waals surface area contributed by atoms with Gasteiger partial charge in [-0.1, -0.05) is 25.1 Å². The predicted octanol–water partition coefficient (Wildman–Crippen LogP) is 4.23. The Labute approximate surface area is 164 Å². The minimum absolute atomic E-state index is 0.0202. The Balaban J connectivity index is 1.59. The van der Waals surface area contributed by atoms with Gasteiger partial charge in [-0.15, -0.1) is 0 Å². The van der Waals surface area contributed by atoms with Crippen LogP contribution in [0.5, 0.6) is 5.75 Å². The quantitative estimate of drug-likeness (QED) is 0.531. The lowest BCUT2D eigenvalue weighted by Gasteiger charge is -2.11. The molecule has 6 heteroatoms. The molecule has 1 N–H and O–H groups in total. The van der Waals surface area contributed by atoms with Crippen molar-refractivity contribution < 1.29 is 19.4 Å². The molecule has 1 aromatic heterocycles. The number of fused-ring (bicyclic) bond motifs is 1. The molecule has 2 aromatic carbocycles. The summed E-state index contributed by atoms with van der Waals surface area (Å²) >= 11 is 0. The van der Waals surface area contributed by atoms with Gasteiger partial charge < -0.3 is 14.6 Å². The molecule has 6 nitrogen and oxygen atoms in total. The lowest BCUT2D eigenvalue weighted by atomic mass is 9.98. The van der Waals surface area contributed by atoms with Crippen LogP contribution in [0.2, 0.25) is 0 Å². The van der Waals surface area contributed by atoms with Gasteiger partial charge in [-0.05, 0) is 48.2 Å². The lowest BCUT2D eigenvalue weighted by Crippen LogP contribution is -2.07. The second-order valence-corrected chi connectivity index (χ2v) is 6.81. The van der Waals surface area contributed by atoms with E-state index in [2.05, 4.69) is 17.2 Å². The van der Waals surface area contributed by atoms with E-state index in [4.69, 9.17) is 14.6 Å². The van der Waals surface area contributed by atoms with Crippen LogP contribution in [0.4, 0.5) is 0 Å². The van der Waals surface area contributed by atoms with Crippen LogP contribution >= 0.6 is 0 Å². The molecule has 0 aliphatic rings. The average Bonchev–Trinajstić information content (AvgIpc) is 3.09. The van der Waals surface area contributed by atoms with Crippen molar-refractivity contribution in [2.75, 3.05) is 13.2 Å². The third kappa shape index (κ3) is 5.10. The Bertz CT molecular complexity index is 918. The van der Waals surface area contributed by atoms with Crippen molar-refractivity contribution >= 4 is 16.9 Å². The summed E-state index contributed by atoms with van der Waals surface area (Å²) in [7, 11) is 0. The monoisotopic (exact) mass is 382 g/mol. The molecule has 0 radical (unpaired) electrons. The molecule has 0 bridgehead atoms. The van der Waals surface area contributed by atoms with Gasteiger partial charge in [0, 0.05) is 12.0 Å². The number of carboxylic acid groups (broad SMARTS) is 1. The van der Waals surface area contributed by atoms with E-state index in [1.54, 1.807) is 0 Å². The van der Waals surface area contributed by atoms with Crippen LogP contribution in [0.1, 0.15) is 37.3 Å². The maximum Gasteiger partial charge on any atom is 0.303 e. The molecule has 0 spiro atoms. The van der Waals surface area contributed by atoms with Gasteiger partial charge in [-0.25, -0.2) is 0 Å². The molecule has 0 aliphatic heterocycles. The Morgan fingerprint density at radius 3 is 2.71 bits per heavy atom. The highest BCUT2D eigenvalue weighted by Gasteiger charge is 2.10. The van der Waals surface area contributed by atoms with Crippen molar-refractivity contribution in [3.8, 4) is 5.75 Å². The van der Waals surface area contributed by atoms with E-state index in [0.717, 1.165) is 34.3 Å². The van der Waals surface area contributed by atoms with Gasteiger partial charge in [0.15, 0.2) is 0 Å². The van der Waals surface area contributed by atoms with E-state index >= 15 is 0 Å². The molecular formula is C22H26N2O4. The summed E-state index contributed by atoms with van der Waals surface area (Å²) in [4.78, 5) is 10.8. The second-order valence-electron chi connectivity index (χ2n) is 6.81. The molecule has 28 heavy (non-hydrogen) atoms. The fourth-order valence-corrected chi connectivity index (χ4v) is 3.14. The van der Waals surface area contributed by atoms with Crippen LogP contribution in [0.3, 0.4) is 0 Å².